The number of carbonyl (C=O) groups is 1. The third-order valence-corrected chi connectivity index (χ3v) is 5.90. The van der Waals surface area contributed by atoms with Gasteiger partial charge in [0.1, 0.15) is 17.5 Å². The first kappa shape index (κ1) is 25.1. The molecular weight excluding hydrogens is 462 g/mol. The number of nitrogens with one attached hydrogen (secondary N) is 1. The van der Waals surface area contributed by atoms with E-state index in [0.29, 0.717) is 37.4 Å². The molecule has 1 saturated heterocycles. The van der Waals surface area contributed by atoms with Crippen LogP contribution < -0.4 is 10.1 Å². The molecule has 2 aromatic rings. The molecule has 2 aromatic heterocycles. The number of likely N-dealkylation sites (tertiary alicyclic amines) is 1. The number of anilines is 1. The lowest BCUT2D eigenvalue weighted by atomic mass is 9.92. The number of nitrogens with zero attached hydrogens (tertiary/aromatic N) is 5. The normalized spacial score (nSPS) is 18.8. The lowest BCUT2D eigenvalue weighted by molar-refractivity contribution is -0.0361. The molecule has 4 rings (SSSR count). The number of alkyl halides is 2. The monoisotopic (exact) mass is 494 g/mol. The number of rotatable bonds is 6. The molecule has 2 fully saturated rings. The van der Waals surface area contributed by atoms with Crippen LogP contribution >= 0.6 is 0 Å². The molecule has 2 aliphatic rings. The second kappa shape index (κ2) is 9.56. The van der Waals surface area contributed by atoms with E-state index in [0.717, 1.165) is 5.56 Å². The summed E-state index contributed by atoms with van der Waals surface area (Å²) in [6.45, 7) is 7.72. The number of aliphatic hydroxyl groups excluding tert-OH is 1. The van der Waals surface area contributed by atoms with Crippen molar-refractivity contribution in [3.63, 3.8) is 0 Å². The fraction of sp³-hybridized carbons (Fsp3) is 0.652. The Morgan fingerprint density at radius 1 is 1.26 bits per heavy atom. The first-order chi connectivity index (χ1) is 16.4. The second-order valence-corrected chi connectivity index (χ2v) is 10.2. The third kappa shape index (κ3) is 6.36. The van der Waals surface area contributed by atoms with E-state index in [1.165, 1.54) is 4.68 Å². The first-order valence-corrected chi connectivity index (χ1v) is 11.8. The Balaban J connectivity index is 1.49. The summed E-state index contributed by atoms with van der Waals surface area (Å²) in [7, 11) is 0. The molecule has 1 amide bonds. The van der Waals surface area contributed by atoms with E-state index in [2.05, 4.69) is 20.4 Å². The highest BCUT2D eigenvalue weighted by atomic mass is 19.3. The van der Waals surface area contributed by atoms with Crippen LogP contribution in [0.3, 0.4) is 0 Å². The van der Waals surface area contributed by atoms with Crippen molar-refractivity contribution in [2.24, 2.45) is 0 Å². The summed E-state index contributed by atoms with van der Waals surface area (Å²) < 4.78 is 39.9. The van der Waals surface area contributed by atoms with E-state index in [9.17, 15) is 18.7 Å². The van der Waals surface area contributed by atoms with Gasteiger partial charge in [0, 0.05) is 31.1 Å². The molecular formula is C23H32F2N6O4. The third-order valence-electron chi connectivity index (χ3n) is 5.90. The maximum atomic E-state index is 13.6. The fourth-order valence-electron chi connectivity index (χ4n) is 3.96. The van der Waals surface area contributed by atoms with E-state index in [1.54, 1.807) is 17.2 Å². The lowest BCUT2D eigenvalue weighted by Gasteiger charge is -2.39. The standard InChI is InChI=1S/C23H32F2N6O4/c1-14-10-31(29-17(14)13-32)20-27-18(26-15-5-7-23(24,25)8-6-15)9-19(28-20)34-16-11-30(12-16)21(33)35-22(2,3)4/h9-10,15-16,32H,5-8,11-13H2,1-4H3,(H,26,27,28). The summed E-state index contributed by atoms with van der Waals surface area (Å²) in [5, 5.41) is 17.0. The highest BCUT2D eigenvalue weighted by Crippen LogP contribution is 2.34. The van der Waals surface area contributed by atoms with Crippen molar-refractivity contribution in [3.8, 4) is 11.8 Å². The van der Waals surface area contributed by atoms with Gasteiger partial charge >= 0.3 is 6.09 Å². The topological polar surface area (TPSA) is 115 Å². The van der Waals surface area contributed by atoms with Gasteiger partial charge in [0.2, 0.25) is 11.8 Å². The smallest absolute Gasteiger partial charge is 0.410 e. The van der Waals surface area contributed by atoms with Gasteiger partial charge < -0.3 is 24.8 Å². The number of halogens is 2. The lowest BCUT2D eigenvalue weighted by Crippen LogP contribution is -2.57. The molecule has 0 unspecified atom stereocenters. The van der Waals surface area contributed by atoms with Crippen molar-refractivity contribution in [2.45, 2.75) is 83.7 Å². The zero-order chi connectivity index (χ0) is 25.4. The molecule has 0 atom stereocenters. The van der Waals surface area contributed by atoms with Crippen LogP contribution in [0.4, 0.5) is 19.4 Å². The Hall–Kier alpha value is -3.02. The Bertz CT molecular complexity index is 1050. The minimum atomic E-state index is -2.62. The molecule has 0 radical (unpaired) electrons. The summed E-state index contributed by atoms with van der Waals surface area (Å²) in [6, 6.07) is 1.47. The zero-order valence-electron chi connectivity index (χ0n) is 20.4. The molecule has 3 heterocycles. The number of ether oxygens (including phenoxy) is 2. The Labute approximate surface area is 202 Å². The Morgan fingerprint density at radius 2 is 1.94 bits per heavy atom. The molecule has 0 spiro atoms. The average Bonchev–Trinajstić information content (AvgIpc) is 3.11. The van der Waals surface area contributed by atoms with Gasteiger partial charge in [-0.2, -0.15) is 15.1 Å². The summed E-state index contributed by atoms with van der Waals surface area (Å²) in [5.41, 5.74) is 0.693. The fourth-order valence-corrected chi connectivity index (χ4v) is 3.96. The molecule has 1 aliphatic heterocycles. The first-order valence-electron chi connectivity index (χ1n) is 11.8. The number of carbonyl (C=O) groups excluding carboxylic acids is 1. The van der Waals surface area contributed by atoms with Gasteiger partial charge in [-0.1, -0.05) is 0 Å². The van der Waals surface area contributed by atoms with Crippen LogP contribution in [0.5, 0.6) is 5.88 Å². The van der Waals surface area contributed by atoms with Crippen LogP contribution in [0.1, 0.15) is 57.7 Å². The van der Waals surface area contributed by atoms with E-state index >= 15 is 0 Å². The molecule has 0 bridgehead atoms. The van der Waals surface area contributed by atoms with Crippen LogP contribution in [-0.2, 0) is 11.3 Å². The number of amides is 1. The van der Waals surface area contributed by atoms with Crippen molar-refractivity contribution < 1.29 is 28.2 Å². The van der Waals surface area contributed by atoms with Gasteiger partial charge in [0.05, 0.1) is 25.4 Å². The van der Waals surface area contributed by atoms with Gasteiger partial charge in [-0.15, -0.1) is 0 Å². The second-order valence-electron chi connectivity index (χ2n) is 10.2. The number of aromatic nitrogens is 4. The zero-order valence-corrected chi connectivity index (χ0v) is 20.4. The van der Waals surface area contributed by atoms with Gasteiger partial charge in [-0.3, -0.25) is 0 Å². The van der Waals surface area contributed by atoms with Crippen molar-refractivity contribution >= 4 is 11.9 Å². The molecule has 192 valence electrons. The highest BCUT2D eigenvalue weighted by molar-refractivity contribution is 5.69. The van der Waals surface area contributed by atoms with Gasteiger partial charge in [-0.25, -0.2) is 18.3 Å². The average molecular weight is 495 g/mol. The molecule has 12 heteroatoms. The van der Waals surface area contributed by atoms with Crippen LogP contribution in [0.25, 0.3) is 5.95 Å². The summed E-state index contributed by atoms with van der Waals surface area (Å²) in [6.07, 6.45) is 1.32. The number of aryl methyl sites for hydroxylation is 1. The van der Waals surface area contributed by atoms with Crippen LogP contribution in [0.2, 0.25) is 0 Å². The molecule has 1 saturated carbocycles. The van der Waals surface area contributed by atoms with Crippen molar-refractivity contribution in [1.29, 1.82) is 0 Å². The quantitative estimate of drug-likeness (QED) is 0.628. The predicted molar refractivity (Wildman–Crippen MR) is 123 cm³/mol. The SMILES string of the molecule is Cc1cn(-c2nc(NC3CCC(F)(F)CC3)cc(OC3CN(C(=O)OC(C)(C)C)C3)n2)nc1CO. The summed E-state index contributed by atoms with van der Waals surface area (Å²) in [4.78, 5) is 22.7. The molecule has 1 aliphatic carbocycles. The highest BCUT2D eigenvalue weighted by Gasteiger charge is 2.36. The van der Waals surface area contributed by atoms with E-state index in [4.69, 9.17) is 9.47 Å². The van der Waals surface area contributed by atoms with Gasteiger partial charge in [0.15, 0.2) is 0 Å². The predicted octanol–water partition coefficient (Wildman–Crippen LogP) is 3.45. The van der Waals surface area contributed by atoms with Gasteiger partial charge in [0.25, 0.3) is 5.95 Å². The number of hydrogen-bond donors (Lipinski definition) is 2. The maximum Gasteiger partial charge on any atom is 0.410 e. The Kier molecular flexibility index (Phi) is 6.85. The maximum absolute atomic E-state index is 13.6. The number of aliphatic hydroxyl groups is 1. The Morgan fingerprint density at radius 3 is 2.54 bits per heavy atom. The van der Waals surface area contributed by atoms with E-state index in [1.807, 2.05) is 27.7 Å². The van der Waals surface area contributed by atoms with Crippen molar-refractivity contribution in [1.82, 2.24) is 24.6 Å². The van der Waals surface area contributed by atoms with E-state index < -0.39 is 17.6 Å². The summed E-state index contributed by atoms with van der Waals surface area (Å²) in [5.74, 6) is -1.70. The molecule has 10 nitrogen and oxygen atoms in total. The minimum absolute atomic E-state index is 0.149. The van der Waals surface area contributed by atoms with E-state index in [-0.39, 0.29) is 43.4 Å². The number of hydrogen-bond acceptors (Lipinski definition) is 8. The molecule has 2 N–H and O–H groups in total. The van der Waals surface area contributed by atoms with Gasteiger partial charge in [-0.05, 0) is 46.1 Å². The minimum Gasteiger partial charge on any atom is -0.470 e. The van der Waals surface area contributed by atoms with Crippen LogP contribution in [0.15, 0.2) is 12.3 Å². The molecule has 0 aromatic carbocycles. The van der Waals surface area contributed by atoms with Crippen molar-refractivity contribution in [2.75, 3.05) is 18.4 Å². The molecule has 35 heavy (non-hydrogen) atoms. The largest absolute Gasteiger partial charge is 0.470 e. The van der Waals surface area contributed by atoms with Crippen LogP contribution in [-0.4, -0.2) is 72.6 Å². The summed E-state index contributed by atoms with van der Waals surface area (Å²) >= 11 is 0. The van der Waals surface area contributed by atoms with Crippen molar-refractivity contribution in [3.05, 3.63) is 23.5 Å². The van der Waals surface area contributed by atoms with Crippen LogP contribution in [0, 0.1) is 6.92 Å².